The third kappa shape index (κ3) is 8.90. The van der Waals surface area contributed by atoms with Gasteiger partial charge < -0.3 is 16.0 Å². The average molecular weight is 429 g/mol. The van der Waals surface area contributed by atoms with Gasteiger partial charge in [-0.25, -0.2) is 4.79 Å². The van der Waals surface area contributed by atoms with Crippen LogP contribution in [-0.2, 0) is 17.9 Å². The van der Waals surface area contributed by atoms with Crippen molar-refractivity contribution >= 4 is 11.9 Å². The van der Waals surface area contributed by atoms with E-state index in [2.05, 4.69) is 52.0 Å². The number of carbonyl (C=O) groups excluding carboxylic acids is 2. The molecule has 1 aliphatic carbocycles. The predicted octanol–water partition coefficient (Wildman–Crippen LogP) is 3.95. The molecular formula is C25H40N4O2. The Kier molecular flexibility index (Phi) is 9.66. The van der Waals surface area contributed by atoms with Crippen molar-refractivity contribution in [3.8, 4) is 0 Å². The first-order valence-corrected chi connectivity index (χ1v) is 12.2. The molecule has 31 heavy (non-hydrogen) atoms. The fourth-order valence-corrected chi connectivity index (χ4v) is 4.54. The van der Waals surface area contributed by atoms with Crippen LogP contribution in [0.4, 0.5) is 4.79 Å². The van der Waals surface area contributed by atoms with Crippen molar-refractivity contribution in [2.75, 3.05) is 19.6 Å². The largest absolute Gasteiger partial charge is 0.352 e. The second kappa shape index (κ2) is 12.7. The second-order valence-electron chi connectivity index (χ2n) is 9.39. The summed E-state index contributed by atoms with van der Waals surface area (Å²) >= 11 is 0. The first-order chi connectivity index (χ1) is 15.1. The Balaban J connectivity index is 1.28. The van der Waals surface area contributed by atoms with Crippen LogP contribution in [0, 0.1) is 5.92 Å². The monoisotopic (exact) mass is 428 g/mol. The lowest BCUT2D eigenvalue weighted by Gasteiger charge is -2.30. The van der Waals surface area contributed by atoms with Gasteiger partial charge >= 0.3 is 6.03 Å². The van der Waals surface area contributed by atoms with Gasteiger partial charge in [0, 0.05) is 32.1 Å². The number of rotatable bonds is 9. The zero-order valence-corrected chi connectivity index (χ0v) is 19.1. The summed E-state index contributed by atoms with van der Waals surface area (Å²) in [5, 5.41) is 8.92. The van der Waals surface area contributed by atoms with Crippen molar-refractivity contribution < 1.29 is 9.59 Å². The molecule has 2 fully saturated rings. The normalized spacial score (nSPS) is 18.5. The van der Waals surface area contributed by atoms with Crippen LogP contribution in [0.3, 0.4) is 0 Å². The fraction of sp³-hybridized carbons (Fsp3) is 0.680. The van der Waals surface area contributed by atoms with Gasteiger partial charge in [-0.05, 0) is 62.2 Å². The summed E-state index contributed by atoms with van der Waals surface area (Å²) in [6.07, 6.45) is 9.48. The number of urea groups is 1. The lowest BCUT2D eigenvalue weighted by Crippen LogP contribution is -2.43. The highest BCUT2D eigenvalue weighted by atomic mass is 16.2. The minimum Gasteiger partial charge on any atom is -0.352 e. The third-order valence-electron chi connectivity index (χ3n) is 6.57. The SMILES string of the molecule is CC1CCN(Cc2cccc(CNC(=O)CCCNC(=O)NC3CCCCC3)c2)CC1. The van der Waals surface area contributed by atoms with E-state index in [-0.39, 0.29) is 11.9 Å². The molecule has 0 atom stereocenters. The molecule has 1 saturated carbocycles. The maximum absolute atomic E-state index is 12.2. The highest BCUT2D eigenvalue weighted by Gasteiger charge is 2.16. The molecule has 6 nitrogen and oxygen atoms in total. The van der Waals surface area contributed by atoms with Crippen molar-refractivity contribution in [3.63, 3.8) is 0 Å². The summed E-state index contributed by atoms with van der Waals surface area (Å²) < 4.78 is 0. The summed E-state index contributed by atoms with van der Waals surface area (Å²) in [4.78, 5) is 26.6. The van der Waals surface area contributed by atoms with Crippen LogP contribution in [0.1, 0.15) is 75.8 Å². The highest BCUT2D eigenvalue weighted by molar-refractivity contribution is 5.76. The molecule has 3 rings (SSSR count). The molecule has 0 spiro atoms. The third-order valence-corrected chi connectivity index (χ3v) is 6.57. The molecule has 0 radical (unpaired) electrons. The minimum atomic E-state index is -0.104. The standard InChI is InChI=1S/C25H40N4O2/c1-20-12-15-29(16-13-20)19-22-8-5-7-21(17-22)18-27-24(30)11-6-14-26-25(31)28-23-9-3-2-4-10-23/h5,7-8,17,20,23H,2-4,6,9-16,18-19H2,1H3,(H,27,30)(H2,26,28,31). The van der Waals surface area contributed by atoms with Crippen LogP contribution < -0.4 is 16.0 Å². The molecular weight excluding hydrogens is 388 g/mol. The molecule has 3 N–H and O–H groups in total. The van der Waals surface area contributed by atoms with Crippen molar-refractivity contribution in [1.82, 2.24) is 20.9 Å². The Morgan fingerprint density at radius 3 is 2.52 bits per heavy atom. The molecule has 3 amide bonds. The van der Waals surface area contributed by atoms with E-state index in [4.69, 9.17) is 0 Å². The van der Waals surface area contributed by atoms with Crippen LogP contribution in [0.2, 0.25) is 0 Å². The van der Waals surface area contributed by atoms with Gasteiger partial charge in [-0.2, -0.15) is 0 Å². The van der Waals surface area contributed by atoms with Crippen molar-refractivity contribution in [2.24, 2.45) is 5.92 Å². The van der Waals surface area contributed by atoms with Crippen LogP contribution in [0.25, 0.3) is 0 Å². The zero-order valence-electron chi connectivity index (χ0n) is 19.1. The summed E-state index contributed by atoms with van der Waals surface area (Å²) in [6, 6.07) is 8.74. The highest BCUT2D eigenvalue weighted by Crippen LogP contribution is 2.19. The summed E-state index contributed by atoms with van der Waals surface area (Å²) in [7, 11) is 0. The number of likely N-dealkylation sites (tertiary alicyclic amines) is 1. The molecule has 2 aliphatic rings. The van der Waals surface area contributed by atoms with Gasteiger partial charge in [0.05, 0.1) is 0 Å². The Morgan fingerprint density at radius 1 is 1.00 bits per heavy atom. The Morgan fingerprint density at radius 2 is 1.74 bits per heavy atom. The van der Waals surface area contributed by atoms with Gasteiger partial charge in [-0.3, -0.25) is 9.69 Å². The second-order valence-corrected chi connectivity index (χ2v) is 9.39. The predicted molar refractivity (Wildman–Crippen MR) is 125 cm³/mol. The van der Waals surface area contributed by atoms with Crippen molar-refractivity contribution in [2.45, 2.75) is 83.8 Å². The molecule has 1 aliphatic heterocycles. The van der Waals surface area contributed by atoms with E-state index in [1.165, 1.54) is 50.8 Å². The van der Waals surface area contributed by atoms with Gasteiger partial charge in [0.1, 0.15) is 0 Å². The van der Waals surface area contributed by atoms with E-state index in [0.717, 1.165) is 30.9 Å². The van der Waals surface area contributed by atoms with Gasteiger partial charge in [0.2, 0.25) is 5.91 Å². The smallest absolute Gasteiger partial charge is 0.315 e. The van der Waals surface area contributed by atoms with E-state index in [0.29, 0.717) is 32.0 Å². The maximum Gasteiger partial charge on any atom is 0.315 e. The number of hydrogen-bond donors (Lipinski definition) is 3. The van der Waals surface area contributed by atoms with Gasteiger partial charge in [0.25, 0.3) is 0 Å². The Labute approximate surface area is 187 Å². The van der Waals surface area contributed by atoms with E-state index >= 15 is 0 Å². The lowest BCUT2D eigenvalue weighted by molar-refractivity contribution is -0.121. The van der Waals surface area contributed by atoms with E-state index in [1.54, 1.807) is 0 Å². The fourth-order valence-electron chi connectivity index (χ4n) is 4.54. The molecule has 172 valence electrons. The Hall–Kier alpha value is -2.08. The van der Waals surface area contributed by atoms with Crippen LogP contribution >= 0.6 is 0 Å². The molecule has 0 aromatic heterocycles. The Bertz CT molecular complexity index is 695. The summed E-state index contributed by atoms with van der Waals surface area (Å²) in [5.74, 6) is 0.879. The lowest BCUT2D eigenvalue weighted by atomic mass is 9.96. The molecule has 1 saturated heterocycles. The zero-order chi connectivity index (χ0) is 21.9. The maximum atomic E-state index is 12.2. The topological polar surface area (TPSA) is 73.5 Å². The van der Waals surface area contributed by atoms with Crippen LogP contribution in [0.5, 0.6) is 0 Å². The number of nitrogens with one attached hydrogen (secondary N) is 3. The number of benzene rings is 1. The molecule has 1 heterocycles. The number of nitrogens with zero attached hydrogens (tertiary/aromatic N) is 1. The van der Waals surface area contributed by atoms with Gasteiger partial charge in [-0.1, -0.05) is 50.5 Å². The number of hydrogen-bond acceptors (Lipinski definition) is 3. The van der Waals surface area contributed by atoms with Crippen LogP contribution in [0.15, 0.2) is 24.3 Å². The molecule has 1 aromatic rings. The number of amides is 3. The molecule has 0 unspecified atom stereocenters. The van der Waals surface area contributed by atoms with E-state index in [1.807, 2.05) is 0 Å². The summed E-state index contributed by atoms with van der Waals surface area (Å²) in [6.45, 7) is 6.75. The minimum absolute atomic E-state index is 0.0323. The van der Waals surface area contributed by atoms with Crippen LogP contribution in [-0.4, -0.2) is 42.5 Å². The van der Waals surface area contributed by atoms with E-state index in [9.17, 15) is 9.59 Å². The van der Waals surface area contributed by atoms with Gasteiger partial charge in [-0.15, -0.1) is 0 Å². The molecule has 0 bridgehead atoms. The first kappa shape index (κ1) is 23.6. The first-order valence-electron chi connectivity index (χ1n) is 12.2. The summed E-state index contributed by atoms with van der Waals surface area (Å²) in [5.41, 5.74) is 2.45. The van der Waals surface area contributed by atoms with Gasteiger partial charge in [0.15, 0.2) is 0 Å². The van der Waals surface area contributed by atoms with E-state index < -0.39 is 0 Å². The quantitative estimate of drug-likeness (QED) is 0.522. The van der Waals surface area contributed by atoms with Crippen molar-refractivity contribution in [1.29, 1.82) is 0 Å². The number of carbonyl (C=O) groups is 2. The number of piperidine rings is 1. The van der Waals surface area contributed by atoms with Crippen molar-refractivity contribution in [3.05, 3.63) is 35.4 Å². The molecule has 1 aromatic carbocycles. The molecule has 6 heteroatoms. The average Bonchev–Trinajstić information content (AvgIpc) is 2.78.